The van der Waals surface area contributed by atoms with Crippen LogP contribution in [-0.4, -0.2) is 60.0 Å². The van der Waals surface area contributed by atoms with Gasteiger partial charge in [-0.25, -0.2) is 27.7 Å². The minimum atomic E-state index is -5.08. The van der Waals surface area contributed by atoms with Crippen LogP contribution in [0.15, 0.2) is 50.5 Å². The molecule has 0 bridgehead atoms. The van der Waals surface area contributed by atoms with E-state index in [0.29, 0.717) is 22.6 Å². The molecule has 0 fully saturated rings. The van der Waals surface area contributed by atoms with E-state index in [-0.39, 0.29) is 23.0 Å². The molecule has 0 unspecified atom stereocenters. The van der Waals surface area contributed by atoms with Gasteiger partial charge in [0.2, 0.25) is 0 Å². The van der Waals surface area contributed by atoms with Crippen molar-refractivity contribution in [1.29, 1.82) is 5.26 Å². The number of hydrogen-bond donors (Lipinski definition) is 2. The van der Waals surface area contributed by atoms with Crippen LogP contribution in [0.2, 0.25) is 0 Å². The van der Waals surface area contributed by atoms with Crippen molar-refractivity contribution in [2.75, 3.05) is 12.8 Å². The molecule has 1 aromatic carbocycles. The lowest BCUT2D eigenvalue weighted by molar-refractivity contribution is -0.192. The maximum atomic E-state index is 15.0. The number of nitrogens with zero attached hydrogens (tertiary/aromatic N) is 6. The predicted octanol–water partition coefficient (Wildman–Crippen LogP) is 3.91. The van der Waals surface area contributed by atoms with Crippen LogP contribution in [0.4, 0.5) is 17.6 Å². The summed E-state index contributed by atoms with van der Waals surface area (Å²) in [4.78, 5) is 21.7. The summed E-state index contributed by atoms with van der Waals surface area (Å²) < 4.78 is 69.0. The molecule has 0 amide bonds. The van der Waals surface area contributed by atoms with E-state index in [4.69, 9.17) is 25.4 Å². The normalized spacial score (nSPS) is 21.8. The van der Waals surface area contributed by atoms with Crippen LogP contribution in [-0.2, 0) is 20.1 Å². The van der Waals surface area contributed by atoms with Gasteiger partial charge in [-0.15, -0.1) is 0 Å². The van der Waals surface area contributed by atoms with Crippen LogP contribution in [0.1, 0.15) is 31.9 Å². The molecule has 3 heterocycles. The fraction of sp³-hybridized carbons (Fsp3) is 0.333. The molecule has 2 aromatic heterocycles. The SMILES string of the molecule is CN=[S@@]1(=O)C[C@@](C)(c2cc(-c3cc(-c4ncc(C#N)cn4)no3)ccc2F)N=C(N)C1(C)C.O=C(O)C(F)(F)F. The molecule has 40 heavy (non-hydrogen) atoms. The summed E-state index contributed by atoms with van der Waals surface area (Å²) in [5.41, 5.74) is 6.46. The van der Waals surface area contributed by atoms with Gasteiger partial charge in [-0.05, 0) is 39.0 Å². The van der Waals surface area contributed by atoms with Gasteiger partial charge in [0.15, 0.2) is 17.3 Å². The van der Waals surface area contributed by atoms with E-state index in [1.807, 2.05) is 6.07 Å². The molecule has 212 valence electrons. The number of amidine groups is 1. The molecule has 16 heteroatoms. The number of carbonyl (C=O) groups is 1. The number of carboxylic acid groups (broad SMARTS) is 1. The van der Waals surface area contributed by atoms with Crippen molar-refractivity contribution < 1.29 is 36.2 Å². The quantitative estimate of drug-likeness (QED) is 0.434. The van der Waals surface area contributed by atoms with Gasteiger partial charge in [-0.2, -0.15) is 18.4 Å². The highest BCUT2D eigenvalue weighted by molar-refractivity contribution is 7.95. The van der Waals surface area contributed by atoms with Crippen molar-refractivity contribution >= 4 is 21.5 Å². The molecular formula is C24H23F4N7O4S. The Labute approximate surface area is 225 Å². The molecular weight excluding hydrogens is 558 g/mol. The predicted molar refractivity (Wildman–Crippen MR) is 136 cm³/mol. The summed E-state index contributed by atoms with van der Waals surface area (Å²) in [6.07, 6.45) is -2.31. The van der Waals surface area contributed by atoms with E-state index in [1.54, 1.807) is 39.0 Å². The maximum Gasteiger partial charge on any atom is 0.490 e. The first kappa shape index (κ1) is 30.2. The summed E-state index contributed by atoms with van der Waals surface area (Å²) in [7, 11) is -1.33. The molecule has 1 aliphatic rings. The van der Waals surface area contributed by atoms with E-state index in [0.717, 1.165) is 0 Å². The van der Waals surface area contributed by atoms with Crippen molar-refractivity contribution in [3.05, 3.63) is 53.6 Å². The van der Waals surface area contributed by atoms with Crippen LogP contribution < -0.4 is 5.73 Å². The van der Waals surface area contributed by atoms with Gasteiger partial charge in [-0.3, -0.25) is 4.99 Å². The Morgan fingerprint density at radius 3 is 2.35 bits per heavy atom. The number of carboxylic acids is 1. The Morgan fingerprint density at radius 1 is 1.23 bits per heavy atom. The second kappa shape index (κ2) is 10.6. The number of nitriles is 1. The lowest BCUT2D eigenvalue weighted by Gasteiger charge is -2.40. The van der Waals surface area contributed by atoms with Crippen LogP contribution in [0.3, 0.4) is 0 Å². The standard InChI is InChI=1S/C22H22FN7O2S.C2HF3O2/c1-21(2)20(25)29-22(3,12-33(21,31)26-4)15-7-14(5-6-16(15)23)18-8-17(30-32-18)19-27-10-13(9-24)11-28-19;3-2(4,5)1(6)7/h5-8,10-11H,12H2,1-4H3,(H2,25,29);(H,6,7)/t22-,33+;/m0./s1. The summed E-state index contributed by atoms with van der Waals surface area (Å²) in [6.45, 7) is 5.15. The molecule has 0 radical (unpaired) electrons. The van der Waals surface area contributed by atoms with E-state index >= 15 is 4.39 Å². The molecule has 0 saturated carbocycles. The summed E-state index contributed by atoms with van der Waals surface area (Å²) in [5.74, 6) is -2.44. The van der Waals surface area contributed by atoms with Crippen LogP contribution in [0, 0.1) is 17.1 Å². The molecule has 0 saturated heterocycles. The second-order valence-corrected chi connectivity index (χ2v) is 12.2. The number of aromatic nitrogens is 3. The number of benzene rings is 1. The zero-order valence-electron chi connectivity index (χ0n) is 21.5. The molecule has 1 aliphatic heterocycles. The van der Waals surface area contributed by atoms with Gasteiger partial charge >= 0.3 is 12.1 Å². The minimum Gasteiger partial charge on any atom is -0.475 e. The Morgan fingerprint density at radius 2 is 1.82 bits per heavy atom. The number of nitrogens with two attached hydrogens (primary N) is 1. The van der Waals surface area contributed by atoms with Crippen LogP contribution in [0.25, 0.3) is 22.8 Å². The van der Waals surface area contributed by atoms with Gasteiger partial charge in [0, 0.05) is 36.6 Å². The third-order valence-electron chi connectivity index (χ3n) is 6.15. The maximum absolute atomic E-state index is 15.0. The molecule has 3 aromatic rings. The highest BCUT2D eigenvalue weighted by Crippen LogP contribution is 2.40. The highest BCUT2D eigenvalue weighted by Gasteiger charge is 2.47. The number of aliphatic imine (C=N–C) groups is 1. The Balaban J connectivity index is 0.000000559. The van der Waals surface area contributed by atoms with Gasteiger partial charge in [0.25, 0.3) is 0 Å². The first-order valence-electron chi connectivity index (χ1n) is 11.3. The van der Waals surface area contributed by atoms with E-state index in [9.17, 15) is 17.4 Å². The van der Waals surface area contributed by atoms with Crippen molar-refractivity contribution in [3.8, 4) is 28.9 Å². The number of halogens is 4. The van der Waals surface area contributed by atoms with E-state index in [2.05, 4.69) is 24.5 Å². The topological polar surface area (TPSA) is 181 Å². The Bertz CT molecular complexity index is 1640. The smallest absolute Gasteiger partial charge is 0.475 e. The number of hydrogen-bond acceptors (Lipinski definition) is 10. The number of alkyl halides is 3. The van der Waals surface area contributed by atoms with Gasteiger partial charge in [0.05, 0.1) is 21.0 Å². The number of rotatable bonds is 3. The molecule has 3 N–H and O–H groups in total. The average molecular weight is 582 g/mol. The van der Waals surface area contributed by atoms with Gasteiger partial charge in [-0.1, -0.05) is 5.16 Å². The molecule has 0 aliphatic carbocycles. The largest absolute Gasteiger partial charge is 0.490 e. The van der Waals surface area contributed by atoms with Crippen molar-refractivity contribution in [2.24, 2.45) is 15.1 Å². The molecule has 0 spiro atoms. The third kappa shape index (κ3) is 5.78. The van der Waals surface area contributed by atoms with Crippen molar-refractivity contribution in [2.45, 2.75) is 37.2 Å². The molecule has 4 rings (SSSR count). The van der Waals surface area contributed by atoms with E-state index < -0.39 is 38.0 Å². The van der Waals surface area contributed by atoms with Gasteiger partial charge in [0.1, 0.15) is 28.0 Å². The zero-order valence-corrected chi connectivity index (χ0v) is 22.3. The highest BCUT2D eigenvalue weighted by atomic mass is 32.2. The summed E-state index contributed by atoms with van der Waals surface area (Å²) in [6, 6.07) is 8.00. The first-order valence-corrected chi connectivity index (χ1v) is 12.9. The third-order valence-corrected chi connectivity index (χ3v) is 9.49. The average Bonchev–Trinajstić information content (AvgIpc) is 3.38. The number of aliphatic carboxylic acids is 1. The Kier molecular flexibility index (Phi) is 8.02. The fourth-order valence-electron chi connectivity index (χ4n) is 3.71. The summed E-state index contributed by atoms with van der Waals surface area (Å²) >= 11 is 0. The van der Waals surface area contributed by atoms with Crippen molar-refractivity contribution in [1.82, 2.24) is 15.1 Å². The van der Waals surface area contributed by atoms with Crippen LogP contribution >= 0.6 is 0 Å². The second-order valence-electron chi connectivity index (χ2n) is 9.23. The van der Waals surface area contributed by atoms with E-state index in [1.165, 1.54) is 25.5 Å². The van der Waals surface area contributed by atoms with Crippen molar-refractivity contribution in [3.63, 3.8) is 0 Å². The summed E-state index contributed by atoms with van der Waals surface area (Å²) in [5, 5.41) is 20.0. The monoisotopic (exact) mass is 581 g/mol. The lowest BCUT2D eigenvalue weighted by atomic mass is 9.91. The molecule has 11 nitrogen and oxygen atoms in total. The van der Waals surface area contributed by atoms with Crippen LogP contribution in [0.5, 0.6) is 0 Å². The Hall–Kier alpha value is -4.39. The first-order chi connectivity index (χ1) is 18.5. The van der Waals surface area contributed by atoms with Gasteiger partial charge < -0.3 is 15.4 Å². The fourth-order valence-corrected chi connectivity index (χ4v) is 6.02. The zero-order chi connectivity index (χ0) is 30.1. The molecule has 2 atom stereocenters. The lowest BCUT2D eigenvalue weighted by Crippen LogP contribution is -2.54. The minimum absolute atomic E-state index is 0.0192.